The predicted molar refractivity (Wildman–Crippen MR) is 78.5 cm³/mol. The zero-order chi connectivity index (χ0) is 13.1. The molecule has 0 saturated heterocycles. The standard InChI is InChI=1S/C13H8ClFINO/c14-11-7-9(15)3-6-12(11)17-13(18)8-1-4-10(16)5-2-8/h1-7H,(H,17,18). The number of carbonyl (C=O) groups is 1. The maximum atomic E-state index is 12.9. The van der Waals surface area contributed by atoms with Gasteiger partial charge in [0.2, 0.25) is 0 Å². The highest BCUT2D eigenvalue weighted by Gasteiger charge is 2.08. The monoisotopic (exact) mass is 375 g/mol. The lowest BCUT2D eigenvalue weighted by molar-refractivity contribution is 0.102. The first-order chi connectivity index (χ1) is 8.56. The van der Waals surface area contributed by atoms with Crippen LogP contribution in [0, 0.1) is 9.39 Å². The number of rotatable bonds is 2. The van der Waals surface area contributed by atoms with E-state index in [1.54, 1.807) is 12.1 Å². The molecule has 2 aromatic carbocycles. The van der Waals surface area contributed by atoms with Crippen LogP contribution in [-0.4, -0.2) is 5.91 Å². The molecule has 0 aliphatic carbocycles. The van der Waals surface area contributed by atoms with E-state index in [9.17, 15) is 9.18 Å². The lowest BCUT2D eigenvalue weighted by atomic mass is 10.2. The summed E-state index contributed by atoms with van der Waals surface area (Å²) in [6.45, 7) is 0. The van der Waals surface area contributed by atoms with Crippen LogP contribution in [0.15, 0.2) is 42.5 Å². The average molecular weight is 376 g/mol. The highest BCUT2D eigenvalue weighted by atomic mass is 127. The third-order valence-electron chi connectivity index (χ3n) is 2.29. The molecular formula is C13H8ClFINO. The molecule has 2 rings (SSSR count). The highest BCUT2D eigenvalue weighted by Crippen LogP contribution is 2.23. The first-order valence-electron chi connectivity index (χ1n) is 5.08. The molecule has 0 aliphatic rings. The molecule has 0 atom stereocenters. The lowest BCUT2D eigenvalue weighted by Gasteiger charge is -2.07. The number of halogens is 3. The second-order valence-corrected chi connectivity index (χ2v) is 5.24. The summed E-state index contributed by atoms with van der Waals surface area (Å²) < 4.78 is 13.9. The summed E-state index contributed by atoms with van der Waals surface area (Å²) in [6.07, 6.45) is 0. The molecule has 5 heteroatoms. The molecule has 0 bridgehead atoms. The fourth-order valence-corrected chi connectivity index (χ4v) is 1.96. The average Bonchev–Trinajstić information content (AvgIpc) is 2.33. The number of nitrogens with one attached hydrogen (secondary N) is 1. The van der Waals surface area contributed by atoms with Gasteiger partial charge in [-0.05, 0) is 65.1 Å². The quantitative estimate of drug-likeness (QED) is 0.778. The van der Waals surface area contributed by atoms with Gasteiger partial charge in [0.05, 0.1) is 10.7 Å². The summed E-state index contributed by atoms with van der Waals surface area (Å²) >= 11 is 7.99. The molecule has 0 aliphatic heterocycles. The van der Waals surface area contributed by atoms with Crippen LogP contribution in [0.2, 0.25) is 5.02 Å². The Morgan fingerprint density at radius 3 is 2.44 bits per heavy atom. The largest absolute Gasteiger partial charge is 0.321 e. The van der Waals surface area contributed by atoms with Crippen molar-refractivity contribution in [3.63, 3.8) is 0 Å². The fraction of sp³-hybridized carbons (Fsp3) is 0. The van der Waals surface area contributed by atoms with Gasteiger partial charge in [-0.1, -0.05) is 11.6 Å². The van der Waals surface area contributed by atoms with Crippen LogP contribution >= 0.6 is 34.2 Å². The van der Waals surface area contributed by atoms with Crippen LogP contribution in [0.5, 0.6) is 0 Å². The van der Waals surface area contributed by atoms with Gasteiger partial charge in [-0.25, -0.2) is 4.39 Å². The first-order valence-corrected chi connectivity index (χ1v) is 6.54. The van der Waals surface area contributed by atoms with E-state index in [2.05, 4.69) is 27.9 Å². The first kappa shape index (κ1) is 13.3. The normalized spacial score (nSPS) is 10.2. The van der Waals surface area contributed by atoms with Gasteiger partial charge in [-0.3, -0.25) is 4.79 Å². The Kier molecular flexibility index (Phi) is 4.19. The topological polar surface area (TPSA) is 29.1 Å². The maximum absolute atomic E-state index is 12.9. The number of amides is 1. The number of benzene rings is 2. The molecule has 0 heterocycles. The van der Waals surface area contributed by atoms with Crippen molar-refractivity contribution in [2.45, 2.75) is 0 Å². The third-order valence-corrected chi connectivity index (χ3v) is 3.32. The van der Waals surface area contributed by atoms with Crippen LogP contribution in [0.1, 0.15) is 10.4 Å². The van der Waals surface area contributed by atoms with Gasteiger partial charge < -0.3 is 5.32 Å². The number of hydrogen-bond acceptors (Lipinski definition) is 1. The molecule has 1 amide bonds. The molecular weight excluding hydrogens is 368 g/mol. The number of carbonyl (C=O) groups excluding carboxylic acids is 1. The molecule has 0 fully saturated rings. The Hall–Kier alpha value is -1.14. The third kappa shape index (κ3) is 3.20. The van der Waals surface area contributed by atoms with E-state index in [0.717, 1.165) is 9.64 Å². The van der Waals surface area contributed by atoms with Crippen LogP contribution in [0.3, 0.4) is 0 Å². The van der Waals surface area contributed by atoms with Gasteiger partial charge in [0.1, 0.15) is 5.82 Å². The van der Waals surface area contributed by atoms with Crippen LogP contribution in [0.25, 0.3) is 0 Å². The second-order valence-electron chi connectivity index (χ2n) is 3.59. The fourth-order valence-electron chi connectivity index (χ4n) is 1.39. The van der Waals surface area contributed by atoms with Crippen molar-refractivity contribution < 1.29 is 9.18 Å². The van der Waals surface area contributed by atoms with E-state index in [1.807, 2.05) is 12.1 Å². The predicted octanol–water partition coefficient (Wildman–Crippen LogP) is 4.34. The highest BCUT2D eigenvalue weighted by molar-refractivity contribution is 14.1. The van der Waals surface area contributed by atoms with Crippen LogP contribution in [0.4, 0.5) is 10.1 Å². The van der Waals surface area contributed by atoms with E-state index < -0.39 is 5.82 Å². The van der Waals surface area contributed by atoms with Gasteiger partial charge in [0.15, 0.2) is 0 Å². The Labute approximate surface area is 122 Å². The smallest absolute Gasteiger partial charge is 0.255 e. The van der Waals surface area contributed by atoms with Crippen molar-refractivity contribution in [2.75, 3.05) is 5.32 Å². The van der Waals surface area contributed by atoms with Crippen molar-refractivity contribution in [3.8, 4) is 0 Å². The van der Waals surface area contributed by atoms with Crippen LogP contribution in [-0.2, 0) is 0 Å². The van der Waals surface area contributed by atoms with Gasteiger partial charge in [-0.15, -0.1) is 0 Å². The molecule has 92 valence electrons. The van der Waals surface area contributed by atoms with Crippen molar-refractivity contribution in [2.24, 2.45) is 0 Å². The maximum Gasteiger partial charge on any atom is 0.255 e. The summed E-state index contributed by atoms with van der Waals surface area (Å²) in [5, 5.41) is 2.81. The van der Waals surface area contributed by atoms with Crippen molar-refractivity contribution in [1.29, 1.82) is 0 Å². The molecule has 0 spiro atoms. The summed E-state index contributed by atoms with van der Waals surface area (Å²) in [4.78, 5) is 11.9. The molecule has 0 unspecified atom stereocenters. The summed E-state index contributed by atoms with van der Waals surface area (Å²) in [6, 6.07) is 10.9. The summed E-state index contributed by atoms with van der Waals surface area (Å²) in [5.74, 6) is -0.716. The molecule has 0 radical (unpaired) electrons. The van der Waals surface area contributed by atoms with E-state index in [4.69, 9.17) is 11.6 Å². The van der Waals surface area contributed by atoms with Gasteiger partial charge >= 0.3 is 0 Å². The minimum Gasteiger partial charge on any atom is -0.321 e. The van der Waals surface area contributed by atoms with Crippen molar-refractivity contribution in [3.05, 3.63) is 62.4 Å². The van der Waals surface area contributed by atoms with Crippen molar-refractivity contribution >= 4 is 45.8 Å². The van der Waals surface area contributed by atoms with Gasteiger partial charge in [0.25, 0.3) is 5.91 Å². The molecule has 0 saturated carbocycles. The Bertz CT molecular complexity index is 586. The molecule has 2 nitrogen and oxygen atoms in total. The molecule has 2 aromatic rings. The van der Waals surface area contributed by atoms with Gasteiger partial charge in [0, 0.05) is 9.13 Å². The number of anilines is 1. The van der Waals surface area contributed by atoms with E-state index in [0.29, 0.717) is 11.3 Å². The van der Waals surface area contributed by atoms with E-state index >= 15 is 0 Å². The Balaban J connectivity index is 2.18. The zero-order valence-electron chi connectivity index (χ0n) is 9.08. The summed E-state index contributed by atoms with van der Waals surface area (Å²) in [5.41, 5.74) is 0.914. The van der Waals surface area contributed by atoms with E-state index in [-0.39, 0.29) is 10.9 Å². The van der Waals surface area contributed by atoms with E-state index in [1.165, 1.54) is 12.1 Å². The molecule has 1 N–H and O–H groups in total. The zero-order valence-corrected chi connectivity index (χ0v) is 12.0. The Morgan fingerprint density at radius 2 is 1.83 bits per heavy atom. The molecule has 0 aromatic heterocycles. The SMILES string of the molecule is O=C(Nc1ccc(F)cc1Cl)c1ccc(I)cc1. The van der Waals surface area contributed by atoms with Gasteiger partial charge in [-0.2, -0.15) is 0 Å². The molecule has 18 heavy (non-hydrogen) atoms. The second kappa shape index (κ2) is 5.67. The minimum absolute atomic E-state index is 0.175. The lowest BCUT2D eigenvalue weighted by Crippen LogP contribution is -2.12. The Morgan fingerprint density at radius 1 is 1.17 bits per heavy atom. The van der Waals surface area contributed by atoms with Crippen molar-refractivity contribution in [1.82, 2.24) is 0 Å². The number of hydrogen-bond donors (Lipinski definition) is 1. The minimum atomic E-state index is -0.438. The van der Waals surface area contributed by atoms with Crippen LogP contribution < -0.4 is 5.32 Å². The summed E-state index contributed by atoms with van der Waals surface area (Å²) in [7, 11) is 0.